The molecular formula is C6H10O4. The second kappa shape index (κ2) is 4.93. The maximum absolute atomic E-state index is 10.4. The van der Waals surface area contributed by atoms with Gasteiger partial charge in [-0.25, -0.2) is 0 Å². The molecule has 0 atom stereocenters. The van der Waals surface area contributed by atoms with Crippen molar-refractivity contribution in [2.24, 2.45) is 0 Å². The molecule has 0 amide bonds. The number of esters is 1. The molecular weight excluding hydrogens is 136 g/mol. The van der Waals surface area contributed by atoms with Gasteiger partial charge in [-0.2, -0.15) is 0 Å². The molecule has 0 aromatic carbocycles. The summed E-state index contributed by atoms with van der Waals surface area (Å²) in [6.45, 7) is -0.503. The minimum Gasteiger partial charge on any atom is -0.469 e. The molecule has 0 aromatic heterocycles. The summed E-state index contributed by atoms with van der Waals surface area (Å²) in [6, 6.07) is 0. The summed E-state index contributed by atoms with van der Waals surface area (Å²) < 4.78 is 4.27. The van der Waals surface area contributed by atoms with Crippen LogP contribution in [-0.4, -0.2) is 30.6 Å². The smallest absolute Gasteiger partial charge is 0.305 e. The number of aliphatic hydroxyl groups is 1. The van der Waals surface area contributed by atoms with E-state index in [1.54, 1.807) is 0 Å². The van der Waals surface area contributed by atoms with Crippen molar-refractivity contribution >= 4 is 11.8 Å². The van der Waals surface area contributed by atoms with Gasteiger partial charge in [-0.05, 0) is 0 Å². The van der Waals surface area contributed by atoms with Gasteiger partial charge < -0.3 is 9.84 Å². The van der Waals surface area contributed by atoms with Crippen LogP contribution >= 0.6 is 0 Å². The van der Waals surface area contributed by atoms with Crippen LogP contribution in [0.4, 0.5) is 0 Å². The maximum Gasteiger partial charge on any atom is 0.305 e. The Bertz CT molecular complexity index is 114. The zero-order valence-corrected chi connectivity index (χ0v) is 5.79. The van der Waals surface area contributed by atoms with Crippen molar-refractivity contribution < 1.29 is 19.4 Å². The van der Waals surface area contributed by atoms with Gasteiger partial charge in [0, 0.05) is 6.42 Å². The van der Waals surface area contributed by atoms with Crippen LogP contribution in [0, 0.1) is 0 Å². The number of hydrogen-bond acceptors (Lipinski definition) is 4. The van der Waals surface area contributed by atoms with E-state index >= 15 is 0 Å². The van der Waals surface area contributed by atoms with Gasteiger partial charge in [0.2, 0.25) is 0 Å². The van der Waals surface area contributed by atoms with Crippen LogP contribution in [0.5, 0.6) is 0 Å². The lowest BCUT2D eigenvalue weighted by molar-refractivity contribution is -0.142. The summed E-state index contributed by atoms with van der Waals surface area (Å²) in [6.07, 6.45) is 0.110. The lowest BCUT2D eigenvalue weighted by atomic mass is 10.2. The highest BCUT2D eigenvalue weighted by atomic mass is 16.5. The number of methoxy groups -OCH3 is 1. The molecule has 0 fully saturated rings. The summed E-state index contributed by atoms with van der Waals surface area (Å²) in [4.78, 5) is 20.8. The van der Waals surface area contributed by atoms with Gasteiger partial charge in [0.05, 0.1) is 13.5 Å². The summed E-state index contributed by atoms with van der Waals surface area (Å²) in [5.74, 6) is -0.771. The van der Waals surface area contributed by atoms with Crippen LogP contribution in [0.2, 0.25) is 0 Å². The molecule has 0 aliphatic carbocycles. The molecule has 58 valence electrons. The highest BCUT2D eigenvalue weighted by molar-refractivity contribution is 5.83. The quantitative estimate of drug-likeness (QED) is 0.543. The molecule has 0 heterocycles. The summed E-state index contributed by atoms with van der Waals surface area (Å²) in [7, 11) is 1.26. The van der Waals surface area contributed by atoms with Crippen LogP contribution < -0.4 is 0 Å². The molecule has 0 radical (unpaired) electrons. The molecule has 0 aliphatic rings. The zero-order valence-electron chi connectivity index (χ0n) is 5.79. The highest BCUT2D eigenvalue weighted by Crippen LogP contribution is 1.91. The molecule has 4 nitrogen and oxygen atoms in total. The highest BCUT2D eigenvalue weighted by Gasteiger charge is 2.04. The lowest BCUT2D eigenvalue weighted by Crippen LogP contribution is -2.08. The predicted octanol–water partition coefficient (Wildman–Crippen LogP) is -0.499. The standard InChI is InChI=1S/C6H10O4/c1-10-6(9)3-2-5(8)4-7/h7H,2-4H2,1H3. The van der Waals surface area contributed by atoms with Crippen LogP contribution in [0.1, 0.15) is 12.8 Å². The second-order valence-corrected chi connectivity index (χ2v) is 1.77. The number of carbonyl (C=O) groups is 2. The monoisotopic (exact) mass is 146 g/mol. The third-order valence-corrected chi connectivity index (χ3v) is 1.01. The van der Waals surface area contributed by atoms with Crippen molar-refractivity contribution in [3.05, 3.63) is 0 Å². The van der Waals surface area contributed by atoms with E-state index in [1.807, 2.05) is 0 Å². The molecule has 0 unspecified atom stereocenters. The molecule has 0 saturated heterocycles. The third kappa shape index (κ3) is 4.03. The first kappa shape index (κ1) is 9.10. The summed E-state index contributed by atoms with van der Waals surface area (Å²) in [5.41, 5.74) is 0. The van der Waals surface area contributed by atoms with Crippen molar-refractivity contribution in [3.8, 4) is 0 Å². The first-order chi connectivity index (χ1) is 4.70. The van der Waals surface area contributed by atoms with E-state index in [1.165, 1.54) is 7.11 Å². The van der Waals surface area contributed by atoms with E-state index < -0.39 is 12.6 Å². The van der Waals surface area contributed by atoms with Gasteiger partial charge in [0.1, 0.15) is 6.61 Å². The Balaban J connectivity index is 3.35. The Kier molecular flexibility index (Phi) is 4.49. The van der Waals surface area contributed by atoms with E-state index in [9.17, 15) is 9.59 Å². The van der Waals surface area contributed by atoms with Crippen molar-refractivity contribution in [2.45, 2.75) is 12.8 Å². The first-order valence-electron chi connectivity index (χ1n) is 2.90. The fraction of sp³-hybridized carbons (Fsp3) is 0.667. The average Bonchev–Trinajstić information content (AvgIpc) is 1.99. The van der Waals surface area contributed by atoms with Gasteiger partial charge in [-0.15, -0.1) is 0 Å². The van der Waals surface area contributed by atoms with Gasteiger partial charge in [-0.1, -0.05) is 0 Å². The topological polar surface area (TPSA) is 63.6 Å². The van der Waals surface area contributed by atoms with E-state index in [0.29, 0.717) is 0 Å². The molecule has 10 heavy (non-hydrogen) atoms. The number of ketones is 1. The van der Waals surface area contributed by atoms with Gasteiger partial charge in [-0.3, -0.25) is 9.59 Å². The van der Waals surface area contributed by atoms with Crippen molar-refractivity contribution in [2.75, 3.05) is 13.7 Å². The molecule has 0 bridgehead atoms. The van der Waals surface area contributed by atoms with Crippen molar-refractivity contribution in [3.63, 3.8) is 0 Å². The summed E-state index contributed by atoms with van der Waals surface area (Å²) >= 11 is 0. The van der Waals surface area contributed by atoms with E-state index in [2.05, 4.69) is 4.74 Å². The second-order valence-electron chi connectivity index (χ2n) is 1.77. The molecule has 0 saturated carbocycles. The summed E-state index contributed by atoms with van der Waals surface area (Å²) in [5, 5.41) is 8.22. The van der Waals surface area contributed by atoms with Crippen molar-refractivity contribution in [1.29, 1.82) is 0 Å². The van der Waals surface area contributed by atoms with Crippen LogP contribution in [0.25, 0.3) is 0 Å². The number of carbonyl (C=O) groups excluding carboxylic acids is 2. The largest absolute Gasteiger partial charge is 0.469 e. The maximum atomic E-state index is 10.4. The molecule has 0 aromatic rings. The molecule has 0 spiro atoms. The predicted molar refractivity (Wildman–Crippen MR) is 33.3 cm³/mol. The van der Waals surface area contributed by atoms with Gasteiger partial charge in [0.15, 0.2) is 5.78 Å². The normalized spacial score (nSPS) is 9.00. The van der Waals surface area contributed by atoms with E-state index in [-0.39, 0.29) is 18.6 Å². The Morgan fingerprint density at radius 3 is 2.40 bits per heavy atom. The minimum atomic E-state index is -0.503. The van der Waals surface area contributed by atoms with E-state index in [4.69, 9.17) is 5.11 Å². The fourth-order valence-corrected chi connectivity index (χ4v) is 0.423. The first-order valence-corrected chi connectivity index (χ1v) is 2.90. The average molecular weight is 146 g/mol. The molecule has 0 rings (SSSR count). The number of aliphatic hydroxyl groups excluding tert-OH is 1. The Morgan fingerprint density at radius 2 is 2.00 bits per heavy atom. The Hall–Kier alpha value is -0.900. The van der Waals surface area contributed by atoms with E-state index in [0.717, 1.165) is 0 Å². The number of Topliss-reactive ketones (excluding diaryl/α,β-unsaturated/α-hetero) is 1. The number of ether oxygens (including phenoxy) is 1. The SMILES string of the molecule is COC(=O)CCC(=O)CO. The lowest BCUT2D eigenvalue weighted by Gasteiger charge is -1.95. The number of rotatable bonds is 4. The molecule has 1 N–H and O–H groups in total. The molecule has 4 heteroatoms. The minimum absolute atomic E-state index is 0.0515. The van der Waals surface area contributed by atoms with Gasteiger partial charge >= 0.3 is 5.97 Å². The van der Waals surface area contributed by atoms with Crippen LogP contribution in [0.15, 0.2) is 0 Å². The van der Waals surface area contributed by atoms with Crippen molar-refractivity contribution in [1.82, 2.24) is 0 Å². The zero-order chi connectivity index (χ0) is 7.98. The Labute approximate surface area is 58.8 Å². The third-order valence-electron chi connectivity index (χ3n) is 1.01. The van der Waals surface area contributed by atoms with Crippen LogP contribution in [-0.2, 0) is 14.3 Å². The van der Waals surface area contributed by atoms with Gasteiger partial charge in [0.25, 0.3) is 0 Å². The number of hydrogen-bond donors (Lipinski definition) is 1. The fourth-order valence-electron chi connectivity index (χ4n) is 0.423. The van der Waals surface area contributed by atoms with Crippen LogP contribution in [0.3, 0.4) is 0 Å². The molecule has 0 aliphatic heterocycles. The Morgan fingerprint density at radius 1 is 1.40 bits per heavy atom.